The lowest BCUT2D eigenvalue weighted by atomic mass is 10.2. The van der Waals surface area contributed by atoms with Crippen LogP contribution >= 0.6 is 11.6 Å². The summed E-state index contributed by atoms with van der Waals surface area (Å²) in [7, 11) is 1.47. The molecule has 0 radical (unpaired) electrons. The molecule has 3 N–H and O–H groups in total. The molecule has 0 bridgehead atoms. The predicted octanol–water partition coefficient (Wildman–Crippen LogP) is 2.96. The van der Waals surface area contributed by atoms with Gasteiger partial charge in [-0.3, -0.25) is 19.3 Å². The van der Waals surface area contributed by atoms with E-state index in [1.165, 1.54) is 30.3 Å². The molecule has 5 rings (SSSR count). The molecule has 198 valence electrons. The molecule has 0 aromatic carbocycles. The molecule has 15 heteroatoms. The number of hydrogen-bond acceptors (Lipinski definition) is 9. The standard InChI is InChI=1S/C23H20ClF3N8O3/c1-28-21(37)16-6-15(36)22(38-16)35-10-32-17-19(31-9-14-5-12(2-3-30-14)23(25,26)27)33-18(34-20(17)35)11-4-13(24)8-29-7-11/h2-5,7-8,10,15-16,22,36H,6,9H2,1H3,(H,28,37)(H,31,33,34)/t15-,16+,22-/m1/s1. The van der Waals surface area contributed by atoms with Crippen LogP contribution < -0.4 is 10.6 Å². The molecule has 1 saturated heterocycles. The van der Waals surface area contributed by atoms with Crippen LogP contribution in [0.25, 0.3) is 22.6 Å². The van der Waals surface area contributed by atoms with E-state index in [0.29, 0.717) is 10.6 Å². The summed E-state index contributed by atoms with van der Waals surface area (Å²) in [5, 5.41) is 16.4. The summed E-state index contributed by atoms with van der Waals surface area (Å²) in [6.45, 7) is -0.0998. The number of ether oxygens (including phenoxy) is 1. The molecule has 1 aliphatic heterocycles. The molecule has 11 nitrogen and oxygen atoms in total. The van der Waals surface area contributed by atoms with Crippen molar-refractivity contribution in [3.8, 4) is 11.4 Å². The zero-order chi connectivity index (χ0) is 27.0. The molecule has 0 spiro atoms. The third-order valence-electron chi connectivity index (χ3n) is 5.87. The summed E-state index contributed by atoms with van der Waals surface area (Å²) >= 11 is 6.10. The van der Waals surface area contributed by atoms with Crippen molar-refractivity contribution in [3.05, 3.63) is 59.4 Å². The zero-order valence-corrected chi connectivity index (χ0v) is 20.4. The molecule has 3 atom stereocenters. The normalized spacial score (nSPS) is 19.6. The van der Waals surface area contributed by atoms with E-state index in [1.54, 1.807) is 6.07 Å². The van der Waals surface area contributed by atoms with Gasteiger partial charge in [0.1, 0.15) is 12.2 Å². The number of nitrogens with zero attached hydrogens (tertiary/aromatic N) is 6. The van der Waals surface area contributed by atoms with Gasteiger partial charge in [0.25, 0.3) is 0 Å². The summed E-state index contributed by atoms with van der Waals surface area (Å²) < 4.78 is 46.7. The molecule has 1 amide bonds. The number of nitrogens with one attached hydrogen (secondary N) is 2. The number of likely N-dealkylation sites (N-methyl/N-ethyl adjacent to an activating group) is 1. The Hall–Kier alpha value is -3.88. The van der Waals surface area contributed by atoms with Crippen LogP contribution in [0.5, 0.6) is 0 Å². The number of amides is 1. The predicted molar refractivity (Wildman–Crippen MR) is 129 cm³/mol. The Kier molecular flexibility index (Phi) is 6.86. The van der Waals surface area contributed by atoms with Crippen molar-refractivity contribution >= 4 is 34.5 Å². The minimum atomic E-state index is -4.51. The highest BCUT2D eigenvalue weighted by Crippen LogP contribution is 2.34. The van der Waals surface area contributed by atoms with Gasteiger partial charge < -0.3 is 20.5 Å². The van der Waals surface area contributed by atoms with Gasteiger partial charge in [0, 0.05) is 37.6 Å². The smallest absolute Gasteiger partial charge is 0.388 e. The highest BCUT2D eigenvalue weighted by atomic mass is 35.5. The van der Waals surface area contributed by atoms with Gasteiger partial charge in [0.2, 0.25) is 5.91 Å². The SMILES string of the molecule is CNC(=O)[C@@H]1C[C@@H](O)[C@H](n2cnc3c(NCc4cc(C(F)(F)F)ccn4)nc(-c4cncc(Cl)c4)nc32)O1. The van der Waals surface area contributed by atoms with Crippen LogP contribution in [-0.4, -0.2) is 59.8 Å². The number of alkyl halides is 3. The fourth-order valence-corrected chi connectivity index (χ4v) is 4.22. The van der Waals surface area contributed by atoms with Crippen molar-refractivity contribution in [1.82, 2.24) is 34.8 Å². The van der Waals surface area contributed by atoms with E-state index in [4.69, 9.17) is 16.3 Å². The third-order valence-corrected chi connectivity index (χ3v) is 6.07. The first-order valence-corrected chi connectivity index (χ1v) is 11.7. The number of aromatic nitrogens is 6. The molecule has 4 aromatic rings. The number of imidazole rings is 1. The van der Waals surface area contributed by atoms with Gasteiger partial charge in [0.15, 0.2) is 29.0 Å². The van der Waals surface area contributed by atoms with Crippen LogP contribution in [-0.2, 0) is 22.3 Å². The molecule has 1 fully saturated rings. The van der Waals surface area contributed by atoms with Gasteiger partial charge in [-0.15, -0.1) is 0 Å². The number of aliphatic hydroxyl groups excluding tert-OH is 1. The quantitative estimate of drug-likeness (QED) is 0.332. The van der Waals surface area contributed by atoms with Crippen LogP contribution in [0.2, 0.25) is 5.02 Å². The monoisotopic (exact) mass is 548 g/mol. The summed E-state index contributed by atoms with van der Waals surface area (Å²) in [6.07, 6.45) is -1.94. The second-order valence-electron chi connectivity index (χ2n) is 8.43. The number of carbonyl (C=O) groups excluding carboxylic acids is 1. The minimum absolute atomic E-state index is 0.0620. The maximum atomic E-state index is 13.1. The van der Waals surface area contributed by atoms with E-state index in [0.717, 1.165) is 18.3 Å². The first-order valence-electron chi connectivity index (χ1n) is 11.3. The molecular formula is C23H20ClF3N8O3. The van der Waals surface area contributed by atoms with Crippen LogP contribution in [0.3, 0.4) is 0 Å². The van der Waals surface area contributed by atoms with Gasteiger partial charge in [-0.1, -0.05) is 11.6 Å². The number of fused-ring (bicyclic) bond motifs is 1. The fraction of sp³-hybridized carbons (Fsp3) is 0.304. The third kappa shape index (κ3) is 5.10. The van der Waals surface area contributed by atoms with Gasteiger partial charge in [-0.25, -0.2) is 15.0 Å². The second kappa shape index (κ2) is 10.1. The topological polar surface area (TPSA) is 140 Å². The van der Waals surface area contributed by atoms with Crippen LogP contribution in [0.1, 0.15) is 23.9 Å². The Morgan fingerprint density at radius 3 is 2.82 bits per heavy atom. The number of anilines is 1. The lowest BCUT2D eigenvalue weighted by Gasteiger charge is -2.17. The van der Waals surface area contributed by atoms with E-state index < -0.39 is 30.2 Å². The molecule has 0 saturated carbocycles. The average Bonchev–Trinajstić information content (AvgIpc) is 3.49. The lowest BCUT2D eigenvalue weighted by molar-refractivity contribution is -0.137. The molecule has 1 aliphatic rings. The van der Waals surface area contributed by atoms with Crippen LogP contribution in [0.15, 0.2) is 43.1 Å². The lowest BCUT2D eigenvalue weighted by Crippen LogP contribution is -2.31. The van der Waals surface area contributed by atoms with Crippen molar-refractivity contribution in [2.24, 2.45) is 0 Å². The Bertz CT molecular complexity index is 1500. The first-order chi connectivity index (χ1) is 18.1. The maximum absolute atomic E-state index is 13.1. The van der Waals surface area contributed by atoms with E-state index in [9.17, 15) is 23.1 Å². The molecule has 0 unspecified atom stereocenters. The van der Waals surface area contributed by atoms with Crippen molar-refractivity contribution in [3.63, 3.8) is 0 Å². The van der Waals surface area contributed by atoms with Gasteiger partial charge >= 0.3 is 6.18 Å². The highest BCUT2D eigenvalue weighted by Gasteiger charge is 2.39. The van der Waals surface area contributed by atoms with Gasteiger partial charge in [0.05, 0.1) is 29.2 Å². The molecular weight excluding hydrogens is 529 g/mol. The number of carbonyl (C=O) groups is 1. The van der Waals surface area contributed by atoms with Crippen molar-refractivity contribution in [1.29, 1.82) is 0 Å². The van der Waals surface area contributed by atoms with E-state index in [1.807, 2.05) is 0 Å². The molecule has 38 heavy (non-hydrogen) atoms. The summed E-state index contributed by atoms with van der Waals surface area (Å²) in [4.78, 5) is 33.5. The van der Waals surface area contributed by atoms with E-state index in [-0.39, 0.29) is 47.4 Å². The molecule has 5 heterocycles. The maximum Gasteiger partial charge on any atom is 0.416 e. The number of pyridine rings is 2. The largest absolute Gasteiger partial charge is 0.416 e. The Morgan fingerprint density at radius 1 is 1.26 bits per heavy atom. The summed E-state index contributed by atoms with van der Waals surface area (Å²) in [5.74, 6) is -0.00500. The Labute approximate surface area is 218 Å². The second-order valence-corrected chi connectivity index (χ2v) is 8.87. The van der Waals surface area contributed by atoms with E-state index in [2.05, 4.69) is 35.6 Å². The zero-order valence-electron chi connectivity index (χ0n) is 19.6. The minimum Gasteiger partial charge on any atom is -0.388 e. The van der Waals surface area contributed by atoms with Crippen molar-refractivity contribution < 1.29 is 27.8 Å². The number of hydrogen-bond donors (Lipinski definition) is 3. The number of rotatable bonds is 6. The molecule has 0 aliphatic carbocycles. The van der Waals surface area contributed by atoms with Crippen LogP contribution in [0, 0.1) is 0 Å². The summed E-state index contributed by atoms with van der Waals surface area (Å²) in [5.41, 5.74) is 0.264. The van der Waals surface area contributed by atoms with Gasteiger partial charge in [-0.05, 0) is 18.2 Å². The first kappa shape index (κ1) is 25.8. The van der Waals surface area contributed by atoms with Crippen molar-refractivity contribution in [2.45, 2.75) is 37.6 Å². The van der Waals surface area contributed by atoms with Crippen LogP contribution in [0.4, 0.5) is 19.0 Å². The highest BCUT2D eigenvalue weighted by molar-refractivity contribution is 6.30. The average molecular weight is 549 g/mol. The molecule has 4 aromatic heterocycles. The van der Waals surface area contributed by atoms with E-state index >= 15 is 0 Å². The summed E-state index contributed by atoms with van der Waals surface area (Å²) in [6, 6.07) is 3.42. The Morgan fingerprint density at radius 2 is 2.08 bits per heavy atom. The Balaban J connectivity index is 1.54. The number of aliphatic hydroxyl groups is 1. The fourth-order valence-electron chi connectivity index (χ4n) is 4.05. The van der Waals surface area contributed by atoms with Crippen molar-refractivity contribution in [2.75, 3.05) is 12.4 Å². The number of halogens is 4. The van der Waals surface area contributed by atoms with Gasteiger partial charge in [-0.2, -0.15) is 13.2 Å².